The first-order valence-corrected chi connectivity index (χ1v) is 7.98. The molecule has 0 fully saturated rings. The summed E-state index contributed by atoms with van der Waals surface area (Å²) in [6, 6.07) is 25.5. The van der Waals surface area contributed by atoms with Crippen LogP contribution in [0.4, 0.5) is 5.69 Å². The number of nitrogens with zero attached hydrogens (tertiary/aromatic N) is 5. The fraction of sp³-hybridized carbons (Fsp3) is 0. The lowest BCUT2D eigenvalue weighted by Crippen LogP contribution is -2.43. The van der Waals surface area contributed by atoms with E-state index in [1.807, 2.05) is 60.7 Å². The van der Waals surface area contributed by atoms with E-state index in [1.165, 1.54) is 12.1 Å². The summed E-state index contributed by atoms with van der Waals surface area (Å²) < 4.78 is 0. The zero-order valence-electron chi connectivity index (χ0n) is 13.6. The van der Waals surface area contributed by atoms with E-state index in [2.05, 4.69) is 10.2 Å². The zero-order chi connectivity index (χ0) is 17.9. The van der Waals surface area contributed by atoms with Crippen molar-refractivity contribution in [3.8, 4) is 22.8 Å². The quantitative estimate of drug-likeness (QED) is 0.324. The van der Waals surface area contributed by atoms with E-state index in [1.54, 1.807) is 21.7 Å². The molecule has 3 aromatic carbocycles. The zero-order valence-corrected chi connectivity index (χ0v) is 13.6. The number of hydrogen-bond acceptors (Lipinski definition) is 4. The van der Waals surface area contributed by atoms with Crippen LogP contribution in [0.5, 0.6) is 0 Å². The van der Waals surface area contributed by atoms with Gasteiger partial charge in [0.1, 0.15) is 5.69 Å². The molecule has 4 rings (SSSR count). The second-order valence-electron chi connectivity index (χ2n) is 5.58. The van der Waals surface area contributed by atoms with Gasteiger partial charge in [0.2, 0.25) is 0 Å². The normalized spacial score (nSPS) is 10.6. The second kappa shape index (κ2) is 6.56. The number of tetrazole rings is 1. The van der Waals surface area contributed by atoms with Crippen molar-refractivity contribution >= 4 is 5.69 Å². The smallest absolute Gasteiger partial charge is 0.258 e. The molecular weight excluding hydrogens is 330 g/mol. The third-order valence-electron chi connectivity index (χ3n) is 3.87. The van der Waals surface area contributed by atoms with E-state index < -0.39 is 4.92 Å². The van der Waals surface area contributed by atoms with Gasteiger partial charge in [-0.05, 0) is 46.3 Å². The van der Waals surface area contributed by atoms with Crippen molar-refractivity contribution in [2.45, 2.75) is 0 Å². The summed E-state index contributed by atoms with van der Waals surface area (Å²) in [4.78, 5) is 13.8. The van der Waals surface area contributed by atoms with Gasteiger partial charge in [-0.2, -0.15) is 0 Å². The molecule has 0 saturated heterocycles. The topological polar surface area (TPSA) is 77.7 Å². The van der Waals surface area contributed by atoms with Gasteiger partial charge in [0.25, 0.3) is 5.69 Å². The average Bonchev–Trinajstić information content (AvgIpc) is 3.15. The number of nitro groups is 1. The van der Waals surface area contributed by atoms with Crippen molar-refractivity contribution in [1.29, 1.82) is 0 Å². The average molecular weight is 344 g/mol. The summed E-state index contributed by atoms with van der Waals surface area (Å²) in [6.07, 6.45) is 0. The Labute approximate surface area is 148 Å². The molecule has 7 nitrogen and oxygen atoms in total. The summed E-state index contributed by atoms with van der Waals surface area (Å²) in [5, 5.41) is 20.0. The molecule has 0 unspecified atom stereocenters. The molecule has 0 atom stereocenters. The third kappa shape index (κ3) is 2.93. The molecule has 0 aliphatic heterocycles. The number of nitro benzene ring substituents is 1. The highest BCUT2D eigenvalue weighted by Crippen LogP contribution is 2.19. The van der Waals surface area contributed by atoms with Gasteiger partial charge in [0.15, 0.2) is 5.69 Å². The number of aromatic nitrogens is 4. The maximum absolute atomic E-state index is 10.8. The van der Waals surface area contributed by atoms with Crippen LogP contribution in [0.3, 0.4) is 0 Å². The maximum atomic E-state index is 10.8. The Hall–Kier alpha value is -3.87. The molecule has 0 saturated carbocycles. The van der Waals surface area contributed by atoms with Crippen molar-refractivity contribution in [2.75, 3.05) is 0 Å². The highest BCUT2D eigenvalue weighted by Gasteiger charge is 2.23. The number of non-ortho nitro benzene ring substituents is 1. The van der Waals surface area contributed by atoms with Gasteiger partial charge in [-0.25, -0.2) is 0 Å². The molecular formula is C19H14N5O2+. The predicted molar refractivity (Wildman–Crippen MR) is 95.0 cm³/mol. The van der Waals surface area contributed by atoms with Gasteiger partial charge < -0.3 is 0 Å². The van der Waals surface area contributed by atoms with Crippen molar-refractivity contribution in [3.63, 3.8) is 0 Å². The molecule has 0 spiro atoms. The van der Waals surface area contributed by atoms with Crippen LogP contribution < -0.4 is 4.80 Å². The first-order chi connectivity index (χ1) is 12.7. The van der Waals surface area contributed by atoms with Crippen LogP contribution in [0.15, 0.2) is 84.9 Å². The maximum Gasteiger partial charge on any atom is 0.340 e. The van der Waals surface area contributed by atoms with Gasteiger partial charge in [-0.1, -0.05) is 36.4 Å². The van der Waals surface area contributed by atoms with Crippen molar-refractivity contribution in [1.82, 2.24) is 15.0 Å². The monoisotopic (exact) mass is 344 g/mol. The summed E-state index contributed by atoms with van der Waals surface area (Å²) in [5.41, 5.74) is 2.45. The molecule has 0 bridgehead atoms. The van der Waals surface area contributed by atoms with Crippen LogP contribution in [0.2, 0.25) is 0 Å². The van der Waals surface area contributed by atoms with E-state index in [0.29, 0.717) is 11.4 Å². The molecule has 1 aromatic heterocycles. The van der Waals surface area contributed by atoms with E-state index >= 15 is 0 Å². The Morgan fingerprint density at radius 3 is 2.08 bits per heavy atom. The first kappa shape index (κ1) is 15.6. The summed E-state index contributed by atoms with van der Waals surface area (Å²) in [7, 11) is 0. The lowest BCUT2D eigenvalue weighted by atomic mass is 10.2. The molecule has 1 heterocycles. The number of hydrogen-bond donors (Lipinski definition) is 0. The van der Waals surface area contributed by atoms with Gasteiger partial charge >= 0.3 is 5.82 Å². The molecule has 0 N–H and O–H groups in total. The van der Waals surface area contributed by atoms with Crippen LogP contribution in [0, 0.1) is 10.1 Å². The van der Waals surface area contributed by atoms with Gasteiger partial charge in [-0.3, -0.25) is 10.1 Å². The SMILES string of the molecule is O=[N+]([O-])c1ccc(-c2nn(-c3ccccc3)[n+](-c3ccccc3)n2)cc1. The van der Waals surface area contributed by atoms with Crippen molar-refractivity contribution < 1.29 is 9.72 Å². The predicted octanol–water partition coefficient (Wildman–Crippen LogP) is 3.12. The summed E-state index contributed by atoms with van der Waals surface area (Å²) in [5.74, 6) is 0.479. The molecule has 7 heteroatoms. The van der Waals surface area contributed by atoms with E-state index in [9.17, 15) is 10.1 Å². The van der Waals surface area contributed by atoms with Crippen LogP contribution >= 0.6 is 0 Å². The van der Waals surface area contributed by atoms with Crippen LogP contribution in [0.1, 0.15) is 0 Å². The fourth-order valence-electron chi connectivity index (χ4n) is 2.59. The molecule has 4 aromatic rings. The van der Waals surface area contributed by atoms with E-state index in [0.717, 1.165) is 11.4 Å². The Balaban J connectivity index is 1.85. The highest BCUT2D eigenvalue weighted by molar-refractivity contribution is 5.56. The minimum absolute atomic E-state index is 0.0344. The summed E-state index contributed by atoms with van der Waals surface area (Å²) >= 11 is 0. The van der Waals surface area contributed by atoms with E-state index in [4.69, 9.17) is 0 Å². The van der Waals surface area contributed by atoms with Gasteiger partial charge in [-0.15, -0.1) is 0 Å². The molecule has 0 amide bonds. The van der Waals surface area contributed by atoms with Crippen LogP contribution in [-0.2, 0) is 0 Å². The minimum atomic E-state index is -0.427. The lowest BCUT2D eigenvalue weighted by molar-refractivity contribution is -0.734. The van der Waals surface area contributed by atoms with E-state index in [-0.39, 0.29) is 5.69 Å². The molecule has 26 heavy (non-hydrogen) atoms. The minimum Gasteiger partial charge on any atom is -0.258 e. The Kier molecular flexibility index (Phi) is 3.95. The van der Waals surface area contributed by atoms with Crippen molar-refractivity contribution in [3.05, 3.63) is 95.0 Å². The number of rotatable bonds is 4. The molecule has 0 aliphatic carbocycles. The Bertz CT molecular complexity index is 988. The van der Waals surface area contributed by atoms with Gasteiger partial charge in [0, 0.05) is 16.9 Å². The number of benzene rings is 3. The third-order valence-corrected chi connectivity index (χ3v) is 3.87. The van der Waals surface area contributed by atoms with Crippen LogP contribution in [0.25, 0.3) is 22.8 Å². The summed E-state index contributed by atoms with van der Waals surface area (Å²) in [6.45, 7) is 0. The highest BCUT2D eigenvalue weighted by atomic mass is 16.6. The van der Waals surface area contributed by atoms with Gasteiger partial charge in [0.05, 0.1) is 15.6 Å². The standard InChI is InChI=1S/C19H14N5O2/c25-24(26)18-13-11-15(12-14-18)19-20-22(16-7-3-1-4-8-16)23(21-19)17-9-5-2-6-10-17/h1-14H/q+1. The number of para-hydroxylation sites is 2. The lowest BCUT2D eigenvalue weighted by Gasteiger charge is -1.98. The molecule has 0 radical (unpaired) electrons. The second-order valence-corrected chi connectivity index (χ2v) is 5.58. The fourth-order valence-corrected chi connectivity index (χ4v) is 2.59. The molecule has 0 aliphatic rings. The molecule has 126 valence electrons. The largest absolute Gasteiger partial charge is 0.340 e. The van der Waals surface area contributed by atoms with Crippen LogP contribution in [-0.4, -0.2) is 19.9 Å². The Morgan fingerprint density at radius 2 is 1.46 bits per heavy atom. The van der Waals surface area contributed by atoms with Crippen molar-refractivity contribution in [2.24, 2.45) is 0 Å². The Morgan fingerprint density at radius 1 is 0.846 bits per heavy atom. The first-order valence-electron chi connectivity index (χ1n) is 7.98.